The van der Waals surface area contributed by atoms with Crippen LogP contribution in [0.1, 0.15) is 38.3 Å². The second-order valence-electron chi connectivity index (χ2n) is 6.91. The van der Waals surface area contributed by atoms with Crippen LogP contribution in [0.4, 0.5) is 4.39 Å². The number of ketones is 2. The maximum Gasteiger partial charge on any atom is 0.330 e. The second kappa shape index (κ2) is 9.28. The topological polar surface area (TPSA) is 213 Å². The summed E-state index contributed by atoms with van der Waals surface area (Å²) in [6.07, 6.45) is -8.95. The number of carboxylic acid groups (broad SMARTS) is 2. The fraction of sp³-hybridized carbons (Fsp3) is 0.529. The molecule has 1 aromatic rings. The van der Waals surface area contributed by atoms with E-state index in [0.29, 0.717) is 10.8 Å². The van der Waals surface area contributed by atoms with Crippen LogP contribution in [0, 0.1) is 5.82 Å². The molecule has 0 aromatic carbocycles. The molecule has 0 amide bonds. The van der Waals surface area contributed by atoms with Gasteiger partial charge in [0.05, 0.1) is 19.0 Å². The minimum Gasteiger partial charge on any atom is -0.481 e. The number of aliphatic hydroxyl groups is 2. The third-order valence-corrected chi connectivity index (χ3v) is 4.75. The number of H-pyrrole nitrogens is 1. The van der Waals surface area contributed by atoms with Gasteiger partial charge in [-0.05, 0) is 0 Å². The molecule has 14 heteroatoms. The SMILES string of the molecule is O=C(O)CCC(=O)C(O)[C@H]1O[C@@H](n2cc(F)c(=O)[nH]c2=O)C[C@@]1(O)C(=O)CCC(=O)O. The summed E-state index contributed by atoms with van der Waals surface area (Å²) in [5.74, 6) is -6.36. The molecule has 1 fully saturated rings. The average molecular weight is 446 g/mol. The van der Waals surface area contributed by atoms with Crippen molar-refractivity contribution in [2.75, 3.05) is 0 Å². The molecule has 1 aliphatic heterocycles. The van der Waals surface area contributed by atoms with Crippen molar-refractivity contribution in [3.63, 3.8) is 0 Å². The van der Waals surface area contributed by atoms with Crippen molar-refractivity contribution in [1.29, 1.82) is 0 Å². The van der Waals surface area contributed by atoms with Crippen LogP contribution in [-0.2, 0) is 23.9 Å². The van der Waals surface area contributed by atoms with Gasteiger partial charge in [-0.1, -0.05) is 0 Å². The number of halogens is 1. The molecule has 2 heterocycles. The summed E-state index contributed by atoms with van der Waals surface area (Å²) in [4.78, 5) is 70.9. The number of aromatic nitrogens is 2. The summed E-state index contributed by atoms with van der Waals surface area (Å²) < 4.78 is 19.4. The fourth-order valence-corrected chi connectivity index (χ4v) is 3.14. The number of carbonyl (C=O) groups is 4. The summed E-state index contributed by atoms with van der Waals surface area (Å²) >= 11 is 0. The number of Topliss-reactive ketones (excluding diaryl/α,β-unsaturated/α-hetero) is 2. The van der Waals surface area contributed by atoms with E-state index in [0.717, 1.165) is 0 Å². The van der Waals surface area contributed by atoms with Gasteiger partial charge in [-0.25, -0.2) is 4.79 Å². The zero-order valence-corrected chi connectivity index (χ0v) is 15.8. The quantitative estimate of drug-likeness (QED) is 0.263. The van der Waals surface area contributed by atoms with Crippen LogP contribution in [-0.4, -0.2) is 71.3 Å². The van der Waals surface area contributed by atoms with E-state index in [1.165, 1.54) is 0 Å². The number of aliphatic hydroxyl groups excluding tert-OH is 1. The number of hydrogen-bond donors (Lipinski definition) is 5. The summed E-state index contributed by atoms with van der Waals surface area (Å²) in [6.45, 7) is 0. The Balaban J connectivity index is 2.40. The largest absolute Gasteiger partial charge is 0.481 e. The third-order valence-electron chi connectivity index (χ3n) is 4.75. The highest BCUT2D eigenvalue weighted by molar-refractivity contribution is 5.93. The number of aliphatic carboxylic acids is 2. The van der Waals surface area contributed by atoms with Crippen molar-refractivity contribution >= 4 is 23.5 Å². The number of carbonyl (C=O) groups excluding carboxylic acids is 2. The Morgan fingerprint density at radius 1 is 1.16 bits per heavy atom. The number of carboxylic acids is 2. The molecule has 0 radical (unpaired) electrons. The Hall–Kier alpha value is -3.23. The van der Waals surface area contributed by atoms with Gasteiger partial charge in [0.2, 0.25) is 5.82 Å². The fourth-order valence-electron chi connectivity index (χ4n) is 3.14. The summed E-state index contributed by atoms with van der Waals surface area (Å²) in [5, 5.41) is 38.6. The second-order valence-corrected chi connectivity index (χ2v) is 6.91. The molecule has 4 atom stereocenters. The van der Waals surface area contributed by atoms with E-state index in [-0.39, 0.29) is 0 Å². The van der Waals surface area contributed by atoms with E-state index >= 15 is 0 Å². The Kier molecular flexibility index (Phi) is 7.20. The van der Waals surface area contributed by atoms with E-state index in [2.05, 4.69) is 0 Å². The first-order chi connectivity index (χ1) is 14.4. The molecule has 5 N–H and O–H groups in total. The van der Waals surface area contributed by atoms with Gasteiger partial charge in [-0.15, -0.1) is 0 Å². The molecule has 0 aliphatic carbocycles. The monoisotopic (exact) mass is 446 g/mol. The Morgan fingerprint density at radius 3 is 2.32 bits per heavy atom. The lowest BCUT2D eigenvalue weighted by Gasteiger charge is -2.29. The number of aromatic amines is 1. The first-order valence-electron chi connectivity index (χ1n) is 8.93. The Morgan fingerprint density at radius 2 is 1.74 bits per heavy atom. The molecule has 170 valence electrons. The standard InChI is InChI=1S/C17H19FN2O11/c18-7-6-20(16(29)19-15(7)28)10-5-17(30,9(22)2-4-12(25)26)14(31-10)13(27)8(21)1-3-11(23)24/h6,10,13-14,27,30H,1-5H2,(H,23,24)(H,25,26)(H,19,28,29)/t10-,13?,14-,17-/m1/s1. The minimum atomic E-state index is -2.66. The predicted octanol–water partition coefficient (Wildman–Crippen LogP) is -2.08. The normalized spacial score (nSPS) is 24.0. The van der Waals surface area contributed by atoms with Crippen LogP contribution in [0.5, 0.6) is 0 Å². The third kappa shape index (κ3) is 5.28. The molecule has 1 saturated heterocycles. The van der Waals surface area contributed by atoms with Gasteiger partial charge in [0.15, 0.2) is 17.2 Å². The van der Waals surface area contributed by atoms with Crippen LogP contribution in [0.15, 0.2) is 15.8 Å². The Bertz CT molecular complexity index is 1020. The minimum absolute atomic E-state index is 0.439. The molecule has 1 aliphatic rings. The maximum atomic E-state index is 13.6. The summed E-state index contributed by atoms with van der Waals surface area (Å²) in [7, 11) is 0. The first kappa shape index (κ1) is 24.0. The van der Waals surface area contributed by atoms with Gasteiger partial charge in [-0.3, -0.25) is 33.5 Å². The van der Waals surface area contributed by atoms with Gasteiger partial charge >= 0.3 is 17.6 Å². The molecule has 0 spiro atoms. The number of hydrogen-bond acceptors (Lipinski definition) is 9. The molecule has 1 unspecified atom stereocenters. The van der Waals surface area contributed by atoms with Crippen LogP contribution in [0.2, 0.25) is 0 Å². The van der Waals surface area contributed by atoms with Gasteiger partial charge < -0.3 is 25.2 Å². The number of nitrogens with one attached hydrogen (secondary N) is 1. The molecule has 0 saturated carbocycles. The maximum absolute atomic E-state index is 13.6. The number of rotatable bonds is 10. The lowest BCUT2D eigenvalue weighted by Crippen LogP contribution is -2.53. The van der Waals surface area contributed by atoms with Crippen LogP contribution < -0.4 is 11.2 Å². The van der Waals surface area contributed by atoms with Crippen molar-refractivity contribution in [2.45, 2.75) is 56.1 Å². The van der Waals surface area contributed by atoms with Gasteiger partial charge in [0.25, 0.3) is 5.56 Å². The lowest BCUT2D eigenvalue weighted by molar-refractivity contribution is -0.162. The number of nitrogens with zero attached hydrogens (tertiary/aromatic N) is 1. The van der Waals surface area contributed by atoms with Crippen molar-refractivity contribution in [1.82, 2.24) is 9.55 Å². The first-order valence-corrected chi connectivity index (χ1v) is 8.93. The average Bonchev–Trinajstić information content (AvgIpc) is 3.04. The zero-order valence-electron chi connectivity index (χ0n) is 15.8. The van der Waals surface area contributed by atoms with E-state index < -0.39 is 96.7 Å². The van der Waals surface area contributed by atoms with Crippen LogP contribution >= 0.6 is 0 Å². The van der Waals surface area contributed by atoms with Crippen molar-refractivity contribution < 1.29 is 48.7 Å². The summed E-state index contributed by atoms with van der Waals surface area (Å²) in [5.41, 5.74) is -5.18. The smallest absolute Gasteiger partial charge is 0.330 e. The van der Waals surface area contributed by atoms with E-state index in [1.54, 1.807) is 4.98 Å². The van der Waals surface area contributed by atoms with Crippen molar-refractivity contribution in [3.05, 3.63) is 32.9 Å². The van der Waals surface area contributed by atoms with E-state index in [9.17, 15) is 43.4 Å². The number of ether oxygens (including phenoxy) is 1. The molecule has 2 rings (SSSR count). The highest BCUT2D eigenvalue weighted by Crippen LogP contribution is 2.39. The van der Waals surface area contributed by atoms with E-state index in [4.69, 9.17) is 14.9 Å². The van der Waals surface area contributed by atoms with Gasteiger partial charge in [-0.2, -0.15) is 4.39 Å². The van der Waals surface area contributed by atoms with Crippen molar-refractivity contribution in [2.24, 2.45) is 0 Å². The van der Waals surface area contributed by atoms with E-state index in [1.807, 2.05) is 0 Å². The van der Waals surface area contributed by atoms with Gasteiger partial charge in [0.1, 0.15) is 18.4 Å². The molecular weight excluding hydrogens is 427 g/mol. The van der Waals surface area contributed by atoms with Crippen LogP contribution in [0.25, 0.3) is 0 Å². The molecule has 0 bridgehead atoms. The highest BCUT2D eigenvalue weighted by Gasteiger charge is 2.57. The molecule has 1 aromatic heterocycles. The summed E-state index contributed by atoms with van der Waals surface area (Å²) in [6, 6.07) is 0. The predicted molar refractivity (Wildman–Crippen MR) is 94.5 cm³/mol. The zero-order chi connectivity index (χ0) is 23.5. The molecular formula is C17H19FN2O11. The van der Waals surface area contributed by atoms with Crippen LogP contribution in [0.3, 0.4) is 0 Å². The Labute approximate surface area is 171 Å². The van der Waals surface area contributed by atoms with Crippen molar-refractivity contribution in [3.8, 4) is 0 Å². The highest BCUT2D eigenvalue weighted by atomic mass is 19.1. The molecule has 13 nitrogen and oxygen atoms in total. The molecule has 31 heavy (non-hydrogen) atoms. The lowest BCUT2D eigenvalue weighted by atomic mass is 9.83. The van der Waals surface area contributed by atoms with Gasteiger partial charge in [0, 0.05) is 19.3 Å².